The van der Waals surface area contributed by atoms with Crippen molar-refractivity contribution in [2.75, 3.05) is 39.5 Å². The monoisotopic (exact) mass is 734 g/mol. The Kier molecular flexibility index (Phi) is 13.6. The van der Waals surface area contributed by atoms with Gasteiger partial charge in [-0.15, -0.1) is 0 Å². The van der Waals surface area contributed by atoms with Gasteiger partial charge in [0.15, 0.2) is 0 Å². The van der Waals surface area contributed by atoms with Crippen LogP contribution in [0, 0.1) is 0 Å². The van der Waals surface area contributed by atoms with Crippen LogP contribution < -0.4 is 14.2 Å². The molecule has 6 aromatic rings. The Labute approximate surface area is 320 Å². The summed E-state index contributed by atoms with van der Waals surface area (Å²) in [5.74, 6) is 2.32. The van der Waals surface area contributed by atoms with Gasteiger partial charge in [-0.05, 0) is 72.8 Å². The molecule has 0 spiro atoms. The summed E-state index contributed by atoms with van der Waals surface area (Å²) in [6.45, 7) is 2.78. The maximum Gasteiger partial charge on any atom is 0.144 e. The number of aliphatic imine (C=N–C) groups is 3. The van der Waals surface area contributed by atoms with E-state index in [0.29, 0.717) is 90.5 Å². The van der Waals surface area contributed by atoms with Gasteiger partial charge in [-0.1, -0.05) is 72.8 Å². The Balaban J connectivity index is 1.11. The van der Waals surface area contributed by atoms with Gasteiger partial charge in [-0.3, -0.25) is 19.9 Å². The van der Waals surface area contributed by atoms with Gasteiger partial charge in [0, 0.05) is 55.0 Å². The first-order valence-electron chi connectivity index (χ1n) is 17.9. The van der Waals surface area contributed by atoms with E-state index in [2.05, 4.69) is 19.9 Å². The molecule has 0 heterocycles. The summed E-state index contributed by atoms with van der Waals surface area (Å²) in [6.07, 6.45) is 4.86. The minimum Gasteiger partial charge on any atom is -0.507 e. The van der Waals surface area contributed by atoms with Gasteiger partial charge in [0.25, 0.3) is 0 Å². The molecular formula is C45H42N4O6. The summed E-state index contributed by atoms with van der Waals surface area (Å²) in [4.78, 5) is 15.9. The van der Waals surface area contributed by atoms with Crippen molar-refractivity contribution >= 4 is 35.7 Å². The molecule has 3 N–H and O–H groups in total. The number of hydrogen-bond acceptors (Lipinski definition) is 10. The molecular weight excluding hydrogens is 693 g/mol. The largest absolute Gasteiger partial charge is 0.507 e. The highest BCUT2D eigenvalue weighted by molar-refractivity contribution is 5.87. The molecule has 0 aliphatic heterocycles. The fraction of sp³-hybridized carbons (Fsp3) is 0.133. The van der Waals surface area contributed by atoms with Crippen molar-refractivity contribution in [1.29, 1.82) is 0 Å². The van der Waals surface area contributed by atoms with Crippen molar-refractivity contribution < 1.29 is 29.5 Å². The van der Waals surface area contributed by atoms with Gasteiger partial charge in [-0.2, -0.15) is 0 Å². The van der Waals surface area contributed by atoms with Crippen LogP contribution in [-0.2, 0) is 0 Å². The lowest BCUT2D eigenvalue weighted by Gasteiger charge is -2.23. The van der Waals surface area contributed by atoms with Crippen LogP contribution in [0.1, 0.15) is 16.7 Å². The van der Waals surface area contributed by atoms with Crippen LogP contribution in [0.15, 0.2) is 161 Å². The second kappa shape index (κ2) is 19.8. The second-order valence-corrected chi connectivity index (χ2v) is 12.2. The molecule has 55 heavy (non-hydrogen) atoms. The molecule has 0 amide bonds. The number of para-hydroxylation sites is 9. The van der Waals surface area contributed by atoms with Crippen LogP contribution in [-0.4, -0.2) is 78.3 Å². The van der Waals surface area contributed by atoms with Crippen molar-refractivity contribution in [2.45, 2.75) is 0 Å². The Morgan fingerprint density at radius 3 is 0.964 bits per heavy atom. The molecule has 0 fully saturated rings. The summed E-state index contributed by atoms with van der Waals surface area (Å²) < 4.78 is 18.7. The maximum atomic E-state index is 10.2. The minimum atomic E-state index is 0.152. The van der Waals surface area contributed by atoms with E-state index in [1.807, 2.05) is 91.0 Å². The van der Waals surface area contributed by atoms with Crippen molar-refractivity contribution in [1.82, 2.24) is 4.90 Å². The zero-order valence-corrected chi connectivity index (χ0v) is 30.2. The molecule has 0 unspecified atom stereocenters. The molecule has 6 aromatic carbocycles. The first kappa shape index (κ1) is 37.8. The molecule has 0 atom stereocenters. The quantitative estimate of drug-likeness (QED) is 0.0753. The standard InChI is InChI=1S/C45H42N4O6/c50-40-19-7-1-13-34(40)31-46-37-16-4-10-22-43(37)53-28-25-49(26-29-54-44-23-11-5-17-38(44)47-32-35-14-2-8-20-41(35)51)27-30-55-45-24-12-6-18-39(45)48-33-36-15-3-9-21-42(36)52/h1-24,31-33,50-52H,25-30H2. The van der Waals surface area contributed by atoms with E-state index in [1.54, 1.807) is 73.2 Å². The summed E-state index contributed by atoms with van der Waals surface area (Å²) in [5.41, 5.74) is 3.76. The summed E-state index contributed by atoms with van der Waals surface area (Å²) in [5, 5.41) is 30.5. The zero-order valence-electron chi connectivity index (χ0n) is 30.2. The molecule has 0 aromatic heterocycles. The average Bonchev–Trinajstić information content (AvgIpc) is 3.21. The first-order valence-corrected chi connectivity index (χ1v) is 17.9. The number of hydrogen-bond donors (Lipinski definition) is 3. The lowest BCUT2D eigenvalue weighted by atomic mass is 10.2. The fourth-order valence-corrected chi connectivity index (χ4v) is 5.45. The Hall–Kier alpha value is -6.91. The number of aromatic hydroxyl groups is 3. The van der Waals surface area contributed by atoms with E-state index in [-0.39, 0.29) is 17.2 Å². The van der Waals surface area contributed by atoms with Crippen LogP contribution in [0.25, 0.3) is 0 Å². The van der Waals surface area contributed by atoms with E-state index in [9.17, 15) is 15.3 Å². The molecule has 0 saturated heterocycles. The topological polar surface area (TPSA) is 129 Å². The highest BCUT2D eigenvalue weighted by atomic mass is 16.5. The highest BCUT2D eigenvalue weighted by Gasteiger charge is 2.11. The third-order valence-corrected chi connectivity index (χ3v) is 8.43. The molecule has 0 aliphatic carbocycles. The molecule has 0 bridgehead atoms. The van der Waals surface area contributed by atoms with E-state index in [4.69, 9.17) is 14.2 Å². The van der Waals surface area contributed by atoms with Crippen molar-refractivity contribution in [3.05, 3.63) is 162 Å². The lowest BCUT2D eigenvalue weighted by Crippen LogP contribution is -2.35. The van der Waals surface area contributed by atoms with Crippen LogP contribution in [0.4, 0.5) is 17.1 Å². The third kappa shape index (κ3) is 11.3. The lowest BCUT2D eigenvalue weighted by molar-refractivity contribution is 0.154. The number of phenols is 3. The fourth-order valence-electron chi connectivity index (χ4n) is 5.45. The molecule has 10 heteroatoms. The van der Waals surface area contributed by atoms with Crippen LogP contribution in [0.2, 0.25) is 0 Å². The molecule has 6 rings (SSSR count). The average molecular weight is 735 g/mol. The van der Waals surface area contributed by atoms with Crippen molar-refractivity contribution in [2.24, 2.45) is 15.0 Å². The predicted octanol–water partition coefficient (Wildman–Crippen LogP) is 8.89. The summed E-state index contributed by atoms with van der Waals surface area (Å²) in [6, 6.07) is 43.6. The van der Waals surface area contributed by atoms with Gasteiger partial charge in [-0.25, -0.2) is 0 Å². The predicted molar refractivity (Wildman–Crippen MR) is 218 cm³/mol. The van der Waals surface area contributed by atoms with Crippen molar-refractivity contribution in [3.8, 4) is 34.5 Å². The van der Waals surface area contributed by atoms with Gasteiger partial charge in [0.05, 0.1) is 0 Å². The number of ether oxygens (including phenoxy) is 3. The van der Waals surface area contributed by atoms with Crippen molar-refractivity contribution in [3.63, 3.8) is 0 Å². The Bertz CT molecular complexity index is 1990. The molecule has 0 aliphatic rings. The molecule has 10 nitrogen and oxygen atoms in total. The smallest absolute Gasteiger partial charge is 0.144 e. The zero-order chi connectivity index (χ0) is 38.1. The normalized spacial score (nSPS) is 11.5. The van der Waals surface area contributed by atoms with E-state index >= 15 is 0 Å². The molecule has 0 radical (unpaired) electrons. The van der Waals surface area contributed by atoms with E-state index < -0.39 is 0 Å². The van der Waals surface area contributed by atoms with Gasteiger partial charge >= 0.3 is 0 Å². The first-order chi connectivity index (χ1) is 27.0. The number of benzene rings is 6. The Morgan fingerprint density at radius 2 is 0.655 bits per heavy atom. The Morgan fingerprint density at radius 1 is 0.382 bits per heavy atom. The van der Waals surface area contributed by atoms with Gasteiger partial charge in [0.2, 0.25) is 0 Å². The maximum absolute atomic E-state index is 10.2. The summed E-state index contributed by atoms with van der Waals surface area (Å²) in [7, 11) is 0. The third-order valence-electron chi connectivity index (χ3n) is 8.43. The van der Waals surface area contributed by atoms with E-state index in [0.717, 1.165) is 0 Å². The van der Waals surface area contributed by atoms with Gasteiger partial charge in [0.1, 0.15) is 71.4 Å². The van der Waals surface area contributed by atoms with Crippen LogP contribution in [0.5, 0.6) is 34.5 Å². The van der Waals surface area contributed by atoms with Gasteiger partial charge < -0.3 is 29.5 Å². The van der Waals surface area contributed by atoms with Crippen LogP contribution >= 0.6 is 0 Å². The highest BCUT2D eigenvalue weighted by Crippen LogP contribution is 2.30. The SMILES string of the molecule is Oc1ccccc1C=Nc1ccccc1OCCN(CCOc1ccccc1N=Cc1ccccc1O)CCOc1ccccc1N=Cc1ccccc1O. The number of rotatable bonds is 18. The van der Waals surface area contributed by atoms with E-state index in [1.165, 1.54) is 0 Å². The molecule has 278 valence electrons. The minimum absolute atomic E-state index is 0.152. The second-order valence-electron chi connectivity index (χ2n) is 12.2. The number of phenolic OH excluding ortho intramolecular Hbond substituents is 3. The molecule has 0 saturated carbocycles. The number of nitrogens with zero attached hydrogens (tertiary/aromatic N) is 4. The summed E-state index contributed by atoms with van der Waals surface area (Å²) >= 11 is 0. The van der Waals surface area contributed by atoms with Crippen LogP contribution in [0.3, 0.4) is 0 Å².